The number of phenolic OH excluding ortho intramolecular Hbond substituents is 1. The number of likely N-dealkylation sites (tertiary alicyclic amines) is 1. The summed E-state index contributed by atoms with van der Waals surface area (Å²) < 4.78 is 0. The van der Waals surface area contributed by atoms with Gasteiger partial charge in [-0.3, -0.25) is 4.90 Å². The minimum absolute atomic E-state index is 0.329. The topological polar surface area (TPSA) is 23.5 Å². The van der Waals surface area contributed by atoms with E-state index in [0.717, 1.165) is 18.8 Å². The molecule has 1 heterocycles. The van der Waals surface area contributed by atoms with E-state index in [1.54, 1.807) is 0 Å². The van der Waals surface area contributed by atoms with Crippen molar-refractivity contribution in [3.8, 4) is 5.75 Å². The first-order valence-corrected chi connectivity index (χ1v) is 10.8. The van der Waals surface area contributed by atoms with E-state index < -0.39 is 0 Å². The molecular weight excluding hydrogens is 330 g/mol. The van der Waals surface area contributed by atoms with Crippen LogP contribution in [0.2, 0.25) is 0 Å². The third-order valence-corrected chi connectivity index (χ3v) is 7.74. The van der Waals surface area contributed by atoms with Gasteiger partial charge in [-0.25, -0.2) is 0 Å². The van der Waals surface area contributed by atoms with Crippen molar-refractivity contribution < 1.29 is 5.11 Å². The second-order valence-electron chi connectivity index (χ2n) is 9.14. The molecule has 1 saturated heterocycles. The van der Waals surface area contributed by atoms with E-state index in [-0.39, 0.29) is 0 Å². The molecule has 27 heavy (non-hydrogen) atoms. The Kier molecular flexibility index (Phi) is 4.27. The first-order valence-electron chi connectivity index (χ1n) is 10.8. The quantitative estimate of drug-likeness (QED) is 0.831. The van der Waals surface area contributed by atoms with E-state index >= 15 is 0 Å². The standard InChI is InChI=1S/C25H31NO/c1-18-5-7-19(8-6-18)11-14-26-15-13-25-12-3-2-4-22(25)24(26)16-20-9-10-21(27)17-23(20)25/h5-10,17,22,24,27H,2-4,11-16H2,1H3/t22-,24-,25+/m0/s1. The van der Waals surface area contributed by atoms with Gasteiger partial charge in [-0.2, -0.15) is 0 Å². The normalized spacial score (nSPS) is 29.8. The first-order chi connectivity index (χ1) is 13.2. The fraction of sp³-hybridized carbons (Fsp3) is 0.520. The molecule has 2 fully saturated rings. The molecule has 2 bridgehead atoms. The third-order valence-electron chi connectivity index (χ3n) is 7.74. The Labute approximate surface area is 163 Å². The lowest BCUT2D eigenvalue weighted by Crippen LogP contribution is -2.61. The van der Waals surface area contributed by atoms with Crippen molar-refractivity contribution in [1.82, 2.24) is 4.90 Å². The molecule has 2 heteroatoms. The number of phenols is 1. The van der Waals surface area contributed by atoms with Gasteiger partial charge < -0.3 is 5.11 Å². The summed E-state index contributed by atoms with van der Waals surface area (Å²) in [7, 11) is 0. The van der Waals surface area contributed by atoms with E-state index in [0.29, 0.717) is 17.2 Å². The van der Waals surface area contributed by atoms with E-state index in [1.807, 2.05) is 6.07 Å². The Morgan fingerprint density at radius 1 is 1.07 bits per heavy atom. The zero-order valence-corrected chi connectivity index (χ0v) is 16.5. The van der Waals surface area contributed by atoms with Gasteiger partial charge in [0.05, 0.1) is 0 Å². The molecule has 2 aromatic rings. The Morgan fingerprint density at radius 2 is 1.93 bits per heavy atom. The predicted octanol–water partition coefficient (Wildman–Crippen LogP) is 5.00. The number of hydrogen-bond donors (Lipinski definition) is 1. The van der Waals surface area contributed by atoms with Crippen LogP contribution in [-0.4, -0.2) is 29.1 Å². The molecule has 5 rings (SSSR count). The van der Waals surface area contributed by atoms with E-state index in [2.05, 4.69) is 48.2 Å². The highest BCUT2D eigenvalue weighted by Crippen LogP contribution is 2.56. The van der Waals surface area contributed by atoms with Gasteiger partial charge in [0.25, 0.3) is 0 Å². The number of benzene rings is 2. The number of aromatic hydroxyl groups is 1. The summed E-state index contributed by atoms with van der Waals surface area (Å²) in [6, 6.07) is 15.9. The lowest BCUT2D eigenvalue weighted by molar-refractivity contribution is -0.0106. The van der Waals surface area contributed by atoms with Gasteiger partial charge >= 0.3 is 0 Å². The molecule has 1 N–H and O–H groups in total. The van der Waals surface area contributed by atoms with Crippen molar-refractivity contribution in [2.45, 2.75) is 63.3 Å². The lowest BCUT2D eigenvalue weighted by Gasteiger charge is -2.59. The highest BCUT2D eigenvalue weighted by Gasteiger charge is 2.53. The Hall–Kier alpha value is -1.80. The van der Waals surface area contributed by atoms with Crippen LogP contribution in [0, 0.1) is 12.8 Å². The second-order valence-corrected chi connectivity index (χ2v) is 9.14. The molecule has 0 radical (unpaired) electrons. The van der Waals surface area contributed by atoms with Crippen molar-refractivity contribution in [2.75, 3.05) is 13.1 Å². The molecule has 1 saturated carbocycles. The van der Waals surface area contributed by atoms with Crippen LogP contribution < -0.4 is 0 Å². The average Bonchev–Trinajstić information content (AvgIpc) is 2.69. The molecule has 0 unspecified atom stereocenters. The van der Waals surface area contributed by atoms with Gasteiger partial charge in [0.2, 0.25) is 0 Å². The van der Waals surface area contributed by atoms with Gasteiger partial charge in [-0.15, -0.1) is 0 Å². The summed E-state index contributed by atoms with van der Waals surface area (Å²) in [6.45, 7) is 4.55. The molecule has 1 aliphatic heterocycles. The van der Waals surface area contributed by atoms with Crippen molar-refractivity contribution in [2.24, 2.45) is 5.92 Å². The summed E-state index contributed by atoms with van der Waals surface area (Å²) >= 11 is 0. The van der Waals surface area contributed by atoms with Crippen molar-refractivity contribution in [1.29, 1.82) is 0 Å². The van der Waals surface area contributed by atoms with Gasteiger partial charge in [-0.1, -0.05) is 48.7 Å². The average molecular weight is 362 g/mol. The fourth-order valence-corrected chi connectivity index (χ4v) is 6.38. The van der Waals surface area contributed by atoms with Crippen LogP contribution >= 0.6 is 0 Å². The lowest BCUT2D eigenvalue weighted by atomic mass is 9.52. The van der Waals surface area contributed by atoms with Gasteiger partial charge in [0.1, 0.15) is 5.75 Å². The van der Waals surface area contributed by atoms with Gasteiger partial charge in [0, 0.05) is 18.0 Å². The summed E-state index contributed by atoms with van der Waals surface area (Å²) in [5.41, 5.74) is 6.12. The smallest absolute Gasteiger partial charge is 0.115 e. The fourth-order valence-electron chi connectivity index (χ4n) is 6.38. The maximum atomic E-state index is 10.1. The SMILES string of the molecule is Cc1ccc(CCN2CC[C@]34CCCC[C@H]3[C@@H]2Cc2ccc(O)cc24)cc1. The summed E-state index contributed by atoms with van der Waals surface area (Å²) in [5, 5.41) is 10.1. The summed E-state index contributed by atoms with van der Waals surface area (Å²) in [4.78, 5) is 2.80. The van der Waals surface area contributed by atoms with E-state index in [9.17, 15) is 5.11 Å². The molecule has 2 aromatic carbocycles. The molecule has 142 valence electrons. The maximum absolute atomic E-state index is 10.1. The number of hydrogen-bond acceptors (Lipinski definition) is 2. The van der Waals surface area contributed by atoms with Crippen LogP contribution in [-0.2, 0) is 18.3 Å². The third kappa shape index (κ3) is 2.89. The van der Waals surface area contributed by atoms with Crippen LogP contribution in [0.25, 0.3) is 0 Å². The zero-order chi connectivity index (χ0) is 18.4. The molecular formula is C25H31NO. The molecule has 0 aromatic heterocycles. The minimum atomic E-state index is 0.329. The first kappa shape index (κ1) is 17.3. The van der Waals surface area contributed by atoms with Crippen LogP contribution in [0.1, 0.15) is 54.4 Å². The Morgan fingerprint density at radius 3 is 2.78 bits per heavy atom. The number of nitrogens with zero attached hydrogens (tertiary/aromatic N) is 1. The van der Waals surface area contributed by atoms with Crippen molar-refractivity contribution in [3.05, 3.63) is 64.7 Å². The molecule has 3 aliphatic rings. The van der Waals surface area contributed by atoms with E-state index in [1.165, 1.54) is 67.4 Å². The zero-order valence-electron chi connectivity index (χ0n) is 16.5. The molecule has 2 aliphatic carbocycles. The maximum Gasteiger partial charge on any atom is 0.115 e. The highest BCUT2D eigenvalue weighted by molar-refractivity contribution is 5.45. The van der Waals surface area contributed by atoms with Crippen LogP contribution in [0.3, 0.4) is 0 Å². The number of piperidine rings is 1. The van der Waals surface area contributed by atoms with Crippen molar-refractivity contribution in [3.63, 3.8) is 0 Å². The second kappa shape index (κ2) is 6.67. The van der Waals surface area contributed by atoms with E-state index in [4.69, 9.17) is 0 Å². The monoisotopic (exact) mass is 361 g/mol. The molecule has 2 nitrogen and oxygen atoms in total. The summed E-state index contributed by atoms with van der Waals surface area (Å²) in [5.74, 6) is 1.22. The Balaban J connectivity index is 1.42. The Bertz CT molecular complexity index is 827. The van der Waals surface area contributed by atoms with Crippen LogP contribution in [0.15, 0.2) is 42.5 Å². The van der Waals surface area contributed by atoms with Gasteiger partial charge in [-0.05, 0) is 80.3 Å². The largest absolute Gasteiger partial charge is 0.508 e. The summed E-state index contributed by atoms with van der Waals surface area (Å²) in [6.07, 6.45) is 8.98. The molecule has 0 amide bonds. The van der Waals surface area contributed by atoms with Crippen LogP contribution in [0.4, 0.5) is 0 Å². The minimum Gasteiger partial charge on any atom is -0.508 e. The number of rotatable bonds is 3. The van der Waals surface area contributed by atoms with Gasteiger partial charge in [0.15, 0.2) is 0 Å². The van der Waals surface area contributed by atoms with Crippen molar-refractivity contribution >= 4 is 0 Å². The molecule has 0 spiro atoms. The predicted molar refractivity (Wildman–Crippen MR) is 110 cm³/mol. The highest BCUT2D eigenvalue weighted by atomic mass is 16.3. The number of aryl methyl sites for hydroxylation is 1. The number of fused-ring (bicyclic) bond motifs is 1. The molecule has 3 atom stereocenters. The van der Waals surface area contributed by atoms with Crippen LogP contribution in [0.5, 0.6) is 5.75 Å².